The van der Waals surface area contributed by atoms with Crippen LogP contribution in [0.4, 0.5) is 9.52 Å². The number of rotatable bonds is 6. The second-order valence-corrected chi connectivity index (χ2v) is 9.02. The average molecular weight is 505 g/mol. The van der Waals surface area contributed by atoms with E-state index < -0.39 is 23.5 Å². The molecule has 1 amide bonds. The lowest BCUT2D eigenvalue weighted by Gasteiger charge is -2.23. The molecule has 0 aliphatic carbocycles. The Kier molecular flexibility index (Phi) is 6.15. The van der Waals surface area contributed by atoms with Gasteiger partial charge in [-0.3, -0.25) is 14.5 Å². The number of carbonyl (C=O) groups is 2. The number of benzene rings is 3. The number of ether oxygens (including phenoxy) is 2. The van der Waals surface area contributed by atoms with E-state index in [1.807, 2.05) is 6.92 Å². The quantitative estimate of drug-likeness (QED) is 0.213. The van der Waals surface area contributed by atoms with Crippen molar-refractivity contribution in [3.63, 3.8) is 0 Å². The Morgan fingerprint density at radius 2 is 1.75 bits per heavy atom. The van der Waals surface area contributed by atoms with Crippen LogP contribution in [0, 0.1) is 5.82 Å². The number of hydrogen-bond acceptors (Lipinski definition) is 7. The van der Waals surface area contributed by atoms with Gasteiger partial charge in [0.1, 0.15) is 23.1 Å². The maximum atomic E-state index is 13.8. The van der Waals surface area contributed by atoms with E-state index in [0.29, 0.717) is 39.4 Å². The van der Waals surface area contributed by atoms with Gasteiger partial charge >= 0.3 is 5.91 Å². The Morgan fingerprint density at radius 1 is 1.06 bits per heavy atom. The molecule has 4 aromatic rings. The highest BCUT2D eigenvalue weighted by Gasteiger charge is 2.48. The standard InChI is InChI=1S/C27H21FN2O5S/c1-3-35-19-11-6-16(7-12-19)24(31)22-23(15-4-9-18(34-2)10-5-15)30(26(33)25(22)32)27-29-20-13-8-17(28)14-21(20)36-27/h4-14,23,31H,3H2,1-2H3. The number of aliphatic hydroxyl groups is 1. The predicted molar refractivity (Wildman–Crippen MR) is 135 cm³/mol. The Bertz CT molecular complexity index is 1500. The van der Waals surface area contributed by atoms with E-state index in [2.05, 4.69) is 4.98 Å². The average Bonchev–Trinajstić information content (AvgIpc) is 3.42. The first-order valence-electron chi connectivity index (χ1n) is 11.2. The van der Waals surface area contributed by atoms with E-state index in [9.17, 15) is 19.1 Å². The summed E-state index contributed by atoms with van der Waals surface area (Å²) in [7, 11) is 1.53. The van der Waals surface area contributed by atoms with Crippen molar-refractivity contribution >= 4 is 44.1 Å². The molecule has 2 heterocycles. The number of amides is 1. The summed E-state index contributed by atoms with van der Waals surface area (Å²) in [6, 6.07) is 16.7. The van der Waals surface area contributed by atoms with E-state index in [0.717, 1.165) is 11.3 Å². The molecule has 182 valence electrons. The van der Waals surface area contributed by atoms with Gasteiger partial charge in [-0.2, -0.15) is 0 Å². The number of hydrogen-bond donors (Lipinski definition) is 1. The highest BCUT2D eigenvalue weighted by molar-refractivity contribution is 7.22. The van der Waals surface area contributed by atoms with E-state index in [4.69, 9.17) is 9.47 Å². The fourth-order valence-electron chi connectivity index (χ4n) is 4.15. The molecule has 1 N–H and O–H groups in total. The third-order valence-electron chi connectivity index (χ3n) is 5.86. The van der Waals surface area contributed by atoms with Crippen LogP contribution in [-0.2, 0) is 9.59 Å². The van der Waals surface area contributed by atoms with E-state index in [-0.39, 0.29) is 16.5 Å². The molecule has 0 radical (unpaired) electrons. The monoisotopic (exact) mass is 504 g/mol. The lowest BCUT2D eigenvalue weighted by molar-refractivity contribution is -0.132. The number of fused-ring (bicyclic) bond motifs is 1. The zero-order chi connectivity index (χ0) is 25.4. The lowest BCUT2D eigenvalue weighted by atomic mass is 9.95. The van der Waals surface area contributed by atoms with Crippen molar-refractivity contribution < 1.29 is 28.6 Å². The zero-order valence-electron chi connectivity index (χ0n) is 19.4. The van der Waals surface area contributed by atoms with Gasteiger partial charge in [0.25, 0.3) is 5.78 Å². The van der Waals surface area contributed by atoms with Crippen molar-refractivity contribution in [2.24, 2.45) is 0 Å². The molecule has 0 spiro atoms. The van der Waals surface area contributed by atoms with Gasteiger partial charge in [-0.25, -0.2) is 9.37 Å². The second kappa shape index (κ2) is 9.43. The topological polar surface area (TPSA) is 89.0 Å². The molecule has 0 saturated carbocycles. The highest BCUT2D eigenvalue weighted by Crippen LogP contribution is 2.44. The van der Waals surface area contributed by atoms with Crippen LogP contribution in [0.1, 0.15) is 24.1 Å². The number of nitrogens with zero attached hydrogens (tertiary/aromatic N) is 2. The fraction of sp³-hybridized carbons (Fsp3) is 0.148. The van der Waals surface area contributed by atoms with Crippen LogP contribution < -0.4 is 14.4 Å². The summed E-state index contributed by atoms with van der Waals surface area (Å²) in [5.74, 6) is -1.20. The molecule has 1 saturated heterocycles. The first-order valence-corrected chi connectivity index (χ1v) is 12.0. The normalized spacial score (nSPS) is 17.1. The molecule has 1 aromatic heterocycles. The third-order valence-corrected chi connectivity index (χ3v) is 6.88. The van der Waals surface area contributed by atoms with Crippen LogP contribution in [0.15, 0.2) is 72.3 Å². The largest absolute Gasteiger partial charge is 0.507 e. The first-order chi connectivity index (χ1) is 17.4. The number of methoxy groups -OCH3 is 1. The van der Waals surface area contributed by atoms with Gasteiger partial charge in [0, 0.05) is 5.56 Å². The molecule has 1 atom stereocenters. The number of carbonyl (C=O) groups excluding carboxylic acids is 2. The number of Topliss-reactive ketones (excluding diaryl/α,β-unsaturated/α-hetero) is 1. The van der Waals surface area contributed by atoms with Gasteiger partial charge in [0.15, 0.2) is 5.13 Å². The number of thiazole rings is 1. The Balaban J connectivity index is 1.68. The molecule has 1 aliphatic heterocycles. The van der Waals surface area contributed by atoms with Crippen LogP contribution in [0.3, 0.4) is 0 Å². The number of ketones is 1. The first kappa shape index (κ1) is 23.5. The molecule has 5 rings (SSSR count). The van der Waals surface area contributed by atoms with Crippen molar-refractivity contribution in [3.8, 4) is 11.5 Å². The molecule has 9 heteroatoms. The fourth-order valence-corrected chi connectivity index (χ4v) is 5.17. The van der Waals surface area contributed by atoms with Gasteiger partial charge in [-0.05, 0) is 67.1 Å². The minimum absolute atomic E-state index is 0.0697. The molecular formula is C27H21FN2O5S. The van der Waals surface area contributed by atoms with Crippen molar-refractivity contribution in [2.75, 3.05) is 18.6 Å². The number of anilines is 1. The third kappa shape index (κ3) is 4.07. The van der Waals surface area contributed by atoms with Gasteiger partial charge in [0.2, 0.25) is 0 Å². The van der Waals surface area contributed by atoms with E-state index in [1.54, 1.807) is 48.5 Å². The van der Waals surface area contributed by atoms with Crippen molar-refractivity contribution in [1.29, 1.82) is 0 Å². The van der Waals surface area contributed by atoms with E-state index in [1.165, 1.54) is 30.2 Å². The second-order valence-electron chi connectivity index (χ2n) is 8.01. The van der Waals surface area contributed by atoms with E-state index >= 15 is 0 Å². The maximum absolute atomic E-state index is 13.8. The molecule has 1 aliphatic rings. The Morgan fingerprint density at radius 3 is 2.42 bits per heavy atom. The summed E-state index contributed by atoms with van der Waals surface area (Å²) in [4.78, 5) is 32.4. The predicted octanol–water partition coefficient (Wildman–Crippen LogP) is 5.47. The van der Waals surface area contributed by atoms with Crippen LogP contribution in [0.25, 0.3) is 16.0 Å². The van der Waals surface area contributed by atoms with Gasteiger partial charge in [0.05, 0.1) is 35.5 Å². The Labute approximate surface area is 210 Å². The molecular weight excluding hydrogens is 483 g/mol. The summed E-state index contributed by atoms with van der Waals surface area (Å²) in [5.41, 5.74) is 1.37. The van der Waals surface area contributed by atoms with Crippen molar-refractivity contribution in [2.45, 2.75) is 13.0 Å². The minimum Gasteiger partial charge on any atom is -0.507 e. The summed E-state index contributed by atoms with van der Waals surface area (Å²) in [6.45, 7) is 2.35. The summed E-state index contributed by atoms with van der Waals surface area (Å²) in [5, 5.41) is 11.5. The molecule has 1 unspecified atom stereocenters. The molecule has 1 fully saturated rings. The number of aromatic nitrogens is 1. The summed E-state index contributed by atoms with van der Waals surface area (Å²) < 4.78 is 25.0. The van der Waals surface area contributed by atoms with Gasteiger partial charge in [-0.1, -0.05) is 23.5 Å². The molecule has 36 heavy (non-hydrogen) atoms. The van der Waals surface area contributed by atoms with Crippen molar-refractivity contribution in [3.05, 3.63) is 89.2 Å². The SMILES string of the molecule is CCOc1ccc(C(O)=C2C(=O)C(=O)N(c3nc4ccc(F)cc4s3)C2c2ccc(OC)cc2)cc1. The van der Waals surface area contributed by atoms with Gasteiger partial charge in [-0.15, -0.1) is 0 Å². The van der Waals surface area contributed by atoms with Crippen LogP contribution in [0.2, 0.25) is 0 Å². The van der Waals surface area contributed by atoms with Crippen LogP contribution in [0.5, 0.6) is 11.5 Å². The maximum Gasteiger partial charge on any atom is 0.301 e. The van der Waals surface area contributed by atoms with Gasteiger partial charge < -0.3 is 14.6 Å². The van der Waals surface area contributed by atoms with Crippen LogP contribution in [-0.4, -0.2) is 35.5 Å². The summed E-state index contributed by atoms with van der Waals surface area (Å²) >= 11 is 1.09. The molecule has 3 aromatic carbocycles. The zero-order valence-corrected chi connectivity index (χ0v) is 20.2. The number of aliphatic hydroxyl groups excluding tert-OH is 1. The smallest absolute Gasteiger partial charge is 0.301 e. The minimum atomic E-state index is -0.951. The van der Waals surface area contributed by atoms with Crippen molar-refractivity contribution in [1.82, 2.24) is 4.98 Å². The molecule has 7 nitrogen and oxygen atoms in total. The lowest BCUT2D eigenvalue weighted by Crippen LogP contribution is -2.29. The number of halogens is 1. The Hall–Kier alpha value is -4.24. The van der Waals surface area contributed by atoms with Crippen LogP contribution >= 0.6 is 11.3 Å². The molecule has 0 bridgehead atoms. The summed E-state index contributed by atoms with van der Waals surface area (Å²) in [6.07, 6.45) is 0. The highest BCUT2D eigenvalue weighted by atomic mass is 32.1.